The van der Waals surface area contributed by atoms with Crippen molar-refractivity contribution in [3.05, 3.63) is 59.2 Å². The highest BCUT2D eigenvalue weighted by molar-refractivity contribution is 6.30. The average molecular weight is 285 g/mol. The summed E-state index contributed by atoms with van der Waals surface area (Å²) in [7, 11) is 0. The Morgan fingerprint density at radius 3 is 2.70 bits per heavy atom. The van der Waals surface area contributed by atoms with Crippen molar-refractivity contribution in [1.29, 1.82) is 0 Å². The van der Waals surface area contributed by atoms with E-state index in [1.54, 1.807) is 12.3 Å². The van der Waals surface area contributed by atoms with E-state index in [0.717, 1.165) is 22.2 Å². The Morgan fingerprint density at radius 1 is 1.10 bits per heavy atom. The standard InChI is InChI=1S/C16H13ClN2O/c1-10-9-11(17)4-6-14(10)20-15-7-5-13-12(16(15)18)3-2-8-19-13/h2-9H,18H2,1H3. The lowest BCUT2D eigenvalue weighted by atomic mass is 10.1. The number of nitrogen functional groups attached to an aromatic ring is 1. The van der Waals surface area contributed by atoms with Gasteiger partial charge in [-0.2, -0.15) is 0 Å². The van der Waals surface area contributed by atoms with Gasteiger partial charge in [-0.05, 0) is 55.0 Å². The minimum Gasteiger partial charge on any atom is -0.455 e. The molecule has 0 aliphatic carbocycles. The van der Waals surface area contributed by atoms with E-state index < -0.39 is 0 Å². The van der Waals surface area contributed by atoms with Crippen LogP contribution < -0.4 is 10.5 Å². The molecule has 3 rings (SSSR count). The Labute approximate surface area is 122 Å². The molecule has 3 aromatic rings. The van der Waals surface area contributed by atoms with Gasteiger partial charge in [-0.25, -0.2) is 0 Å². The molecule has 0 radical (unpaired) electrons. The molecular formula is C16H13ClN2O. The van der Waals surface area contributed by atoms with Gasteiger partial charge in [0.15, 0.2) is 5.75 Å². The maximum absolute atomic E-state index is 6.16. The van der Waals surface area contributed by atoms with E-state index in [4.69, 9.17) is 22.1 Å². The topological polar surface area (TPSA) is 48.1 Å². The highest BCUT2D eigenvalue weighted by Crippen LogP contribution is 2.34. The summed E-state index contributed by atoms with van der Waals surface area (Å²) in [6, 6.07) is 13.0. The summed E-state index contributed by atoms with van der Waals surface area (Å²) in [6.45, 7) is 1.94. The molecule has 0 spiro atoms. The number of aromatic nitrogens is 1. The molecule has 0 unspecified atom stereocenters. The van der Waals surface area contributed by atoms with E-state index in [9.17, 15) is 0 Å². The van der Waals surface area contributed by atoms with Crippen molar-refractivity contribution in [2.24, 2.45) is 0 Å². The largest absolute Gasteiger partial charge is 0.455 e. The number of aryl methyl sites for hydroxylation is 1. The van der Waals surface area contributed by atoms with Gasteiger partial charge in [0.1, 0.15) is 5.75 Å². The summed E-state index contributed by atoms with van der Waals surface area (Å²) >= 11 is 5.94. The van der Waals surface area contributed by atoms with Gasteiger partial charge >= 0.3 is 0 Å². The average Bonchev–Trinajstić information content (AvgIpc) is 2.45. The van der Waals surface area contributed by atoms with Crippen LogP contribution in [-0.4, -0.2) is 4.98 Å². The van der Waals surface area contributed by atoms with Crippen molar-refractivity contribution in [3.8, 4) is 11.5 Å². The molecule has 1 aromatic heterocycles. The first-order valence-electron chi connectivity index (χ1n) is 6.22. The van der Waals surface area contributed by atoms with Crippen LogP contribution >= 0.6 is 11.6 Å². The molecule has 100 valence electrons. The van der Waals surface area contributed by atoms with E-state index >= 15 is 0 Å². The third-order valence-corrected chi connectivity index (χ3v) is 3.38. The number of hydrogen-bond donors (Lipinski definition) is 1. The highest BCUT2D eigenvalue weighted by atomic mass is 35.5. The highest BCUT2D eigenvalue weighted by Gasteiger charge is 2.08. The molecule has 4 heteroatoms. The van der Waals surface area contributed by atoms with E-state index in [-0.39, 0.29) is 0 Å². The number of fused-ring (bicyclic) bond motifs is 1. The molecule has 2 aromatic carbocycles. The number of benzene rings is 2. The molecule has 0 saturated heterocycles. The number of nitrogens with zero attached hydrogens (tertiary/aromatic N) is 1. The van der Waals surface area contributed by atoms with Crippen LogP contribution in [0.3, 0.4) is 0 Å². The van der Waals surface area contributed by atoms with Crippen LogP contribution in [0.15, 0.2) is 48.7 Å². The first-order valence-corrected chi connectivity index (χ1v) is 6.60. The zero-order valence-electron chi connectivity index (χ0n) is 10.9. The van der Waals surface area contributed by atoms with Gasteiger partial charge in [-0.1, -0.05) is 11.6 Å². The number of rotatable bonds is 2. The summed E-state index contributed by atoms with van der Waals surface area (Å²) in [5.41, 5.74) is 8.56. The first-order chi connectivity index (χ1) is 9.65. The normalized spacial score (nSPS) is 10.7. The van der Waals surface area contributed by atoms with Crippen molar-refractivity contribution in [1.82, 2.24) is 4.98 Å². The van der Waals surface area contributed by atoms with Gasteiger partial charge in [0.2, 0.25) is 0 Å². The molecule has 0 saturated carbocycles. The Morgan fingerprint density at radius 2 is 1.90 bits per heavy atom. The predicted octanol–water partition coefficient (Wildman–Crippen LogP) is 4.57. The molecule has 1 heterocycles. The zero-order chi connectivity index (χ0) is 14.1. The van der Waals surface area contributed by atoms with Crippen LogP contribution in [0.5, 0.6) is 11.5 Å². The van der Waals surface area contributed by atoms with Crippen LogP contribution in [0.25, 0.3) is 10.9 Å². The quantitative estimate of drug-likeness (QED) is 0.701. The second-order valence-corrected chi connectivity index (χ2v) is 5.00. The molecule has 3 nitrogen and oxygen atoms in total. The lowest BCUT2D eigenvalue weighted by Gasteiger charge is -2.12. The van der Waals surface area contributed by atoms with Crippen LogP contribution in [0, 0.1) is 6.92 Å². The van der Waals surface area contributed by atoms with Gasteiger partial charge in [0, 0.05) is 16.6 Å². The van der Waals surface area contributed by atoms with Crippen molar-refractivity contribution in [2.45, 2.75) is 6.92 Å². The first kappa shape index (κ1) is 12.8. The summed E-state index contributed by atoms with van der Waals surface area (Å²) in [4.78, 5) is 4.27. The molecular weight excluding hydrogens is 272 g/mol. The fourth-order valence-electron chi connectivity index (χ4n) is 2.09. The van der Waals surface area contributed by atoms with Gasteiger partial charge in [-0.3, -0.25) is 4.98 Å². The van der Waals surface area contributed by atoms with Crippen LogP contribution in [0.1, 0.15) is 5.56 Å². The van der Waals surface area contributed by atoms with Gasteiger partial charge in [-0.15, -0.1) is 0 Å². The fourth-order valence-corrected chi connectivity index (χ4v) is 2.32. The van der Waals surface area contributed by atoms with Crippen LogP contribution in [0.4, 0.5) is 5.69 Å². The Balaban J connectivity index is 2.04. The second kappa shape index (κ2) is 5.02. The number of ether oxygens (including phenoxy) is 1. The number of pyridine rings is 1. The smallest absolute Gasteiger partial charge is 0.151 e. The fraction of sp³-hybridized carbons (Fsp3) is 0.0625. The molecule has 0 aliphatic rings. The molecule has 20 heavy (non-hydrogen) atoms. The minimum atomic E-state index is 0.588. The lowest BCUT2D eigenvalue weighted by molar-refractivity contribution is 0.482. The molecule has 0 amide bonds. The Hall–Kier alpha value is -2.26. The monoisotopic (exact) mass is 284 g/mol. The van der Waals surface area contributed by atoms with Gasteiger partial charge in [0.25, 0.3) is 0 Å². The third-order valence-electron chi connectivity index (χ3n) is 3.14. The summed E-state index contributed by atoms with van der Waals surface area (Å²) < 4.78 is 5.89. The Kier molecular flexibility index (Phi) is 3.20. The zero-order valence-corrected chi connectivity index (χ0v) is 11.7. The number of anilines is 1. The van der Waals surface area contributed by atoms with E-state index in [2.05, 4.69) is 4.98 Å². The predicted molar refractivity (Wildman–Crippen MR) is 82.4 cm³/mol. The van der Waals surface area contributed by atoms with Gasteiger partial charge < -0.3 is 10.5 Å². The molecule has 0 bridgehead atoms. The number of hydrogen-bond acceptors (Lipinski definition) is 3. The van der Waals surface area contributed by atoms with Crippen LogP contribution in [0.2, 0.25) is 5.02 Å². The maximum atomic E-state index is 6.16. The molecule has 0 aliphatic heterocycles. The molecule has 2 N–H and O–H groups in total. The van der Waals surface area contributed by atoms with E-state index in [0.29, 0.717) is 16.5 Å². The van der Waals surface area contributed by atoms with E-state index in [1.807, 2.05) is 43.3 Å². The maximum Gasteiger partial charge on any atom is 0.151 e. The van der Waals surface area contributed by atoms with Crippen molar-refractivity contribution >= 4 is 28.2 Å². The summed E-state index contributed by atoms with van der Waals surface area (Å²) in [5, 5.41) is 1.57. The summed E-state index contributed by atoms with van der Waals surface area (Å²) in [6.07, 6.45) is 1.74. The molecule has 0 fully saturated rings. The van der Waals surface area contributed by atoms with Crippen molar-refractivity contribution < 1.29 is 4.74 Å². The summed E-state index contributed by atoms with van der Waals surface area (Å²) in [5.74, 6) is 1.36. The SMILES string of the molecule is Cc1cc(Cl)ccc1Oc1ccc2ncccc2c1N. The number of halogens is 1. The van der Waals surface area contributed by atoms with Crippen molar-refractivity contribution in [2.75, 3.05) is 5.73 Å². The van der Waals surface area contributed by atoms with Gasteiger partial charge in [0.05, 0.1) is 11.2 Å². The lowest BCUT2D eigenvalue weighted by Crippen LogP contribution is -1.95. The minimum absolute atomic E-state index is 0.588. The number of nitrogens with two attached hydrogens (primary N) is 1. The van der Waals surface area contributed by atoms with E-state index in [1.165, 1.54) is 0 Å². The molecule has 0 atom stereocenters. The Bertz CT molecular complexity index is 787. The van der Waals surface area contributed by atoms with Crippen molar-refractivity contribution in [3.63, 3.8) is 0 Å². The van der Waals surface area contributed by atoms with Crippen LogP contribution in [-0.2, 0) is 0 Å². The second-order valence-electron chi connectivity index (χ2n) is 4.56. The third kappa shape index (κ3) is 2.28.